The maximum absolute atomic E-state index is 11.6. The van der Waals surface area contributed by atoms with Crippen LogP contribution in [0.5, 0.6) is 11.5 Å². The predicted octanol–water partition coefficient (Wildman–Crippen LogP) is 2.21. The van der Waals surface area contributed by atoms with Crippen molar-refractivity contribution in [2.24, 2.45) is 0 Å². The molecule has 0 aliphatic carbocycles. The van der Waals surface area contributed by atoms with E-state index in [1.807, 2.05) is 19.1 Å². The molecule has 1 aromatic rings. The van der Waals surface area contributed by atoms with Crippen LogP contribution in [0.1, 0.15) is 18.5 Å². The monoisotopic (exact) mass is 338 g/mol. The molecule has 106 valence electrons. The normalized spacial score (nSPS) is 14.1. The summed E-state index contributed by atoms with van der Waals surface area (Å²) in [6, 6.07) is 3.21. The molecule has 1 aliphatic rings. The van der Waals surface area contributed by atoms with E-state index in [4.69, 9.17) is 15.9 Å². The van der Waals surface area contributed by atoms with Crippen LogP contribution in [-0.4, -0.2) is 25.8 Å². The molecule has 0 bridgehead atoms. The highest BCUT2D eigenvalue weighted by atomic mass is 79.9. The molecule has 1 aromatic carbocycles. The summed E-state index contributed by atoms with van der Waals surface area (Å²) in [5.74, 6) is 3.74. The fourth-order valence-corrected chi connectivity index (χ4v) is 2.53. The molecule has 0 fully saturated rings. The number of terminal acetylenes is 1. The number of hydrogen-bond donors (Lipinski definition) is 2. The molecule has 2 rings (SSSR count). The lowest BCUT2D eigenvalue weighted by Gasteiger charge is -2.22. The molecule has 1 unspecified atom stereocenters. The fourth-order valence-electron chi connectivity index (χ4n) is 1.87. The number of hydrogen-bond acceptors (Lipinski definition) is 3. The van der Waals surface area contributed by atoms with Crippen LogP contribution in [0.15, 0.2) is 16.6 Å². The van der Waals surface area contributed by atoms with Gasteiger partial charge in [-0.15, -0.1) is 6.42 Å². The molecule has 0 aromatic heterocycles. The van der Waals surface area contributed by atoms with Crippen LogP contribution in [0.25, 0.3) is 0 Å². The van der Waals surface area contributed by atoms with Gasteiger partial charge >= 0.3 is 6.03 Å². The Balaban J connectivity index is 2.11. The Bertz CT molecular complexity index is 554. The lowest BCUT2D eigenvalue weighted by molar-refractivity contribution is 0.171. The molecule has 2 amide bonds. The van der Waals surface area contributed by atoms with Gasteiger partial charge in [-0.25, -0.2) is 4.79 Å². The smallest absolute Gasteiger partial charge is 0.316 e. The number of rotatable bonds is 3. The minimum atomic E-state index is -0.308. The van der Waals surface area contributed by atoms with E-state index in [-0.39, 0.29) is 18.6 Å². The molecule has 0 saturated carbocycles. The first kappa shape index (κ1) is 14.5. The highest BCUT2D eigenvalue weighted by Gasteiger charge is 2.19. The van der Waals surface area contributed by atoms with Crippen molar-refractivity contribution in [1.29, 1.82) is 0 Å². The molecule has 0 spiro atoms. The number of fused-ring (bicyclic) bond motifs is 1. The predicted molar refractivity (Wildman–Crippen MR) is 78.9 cm³/mol. The number of urea groups is 1. The van der Waals surface area contributed by atoms with E-state index in [9.17, 15) is 4.79 Å². The first-order valence-corrected chi connectivity index (χ1v) is 6.98. The van der Waals surface area contributed by atoms with E-state index in [0.29, 0.717) is 24.7 Å². The SMILES string of the molecule is C#CCNC(=O)NC(C)c1cc2c(cc1Br)OCCO2. The molecule has 1 aliphatic heterocycles. The maximum atomic E-state index is 11.6. The second kappa shape index (κ2) is 6.53. The van der Waals surface area contributed by atoms with E-state index in [1.54, 1.807) is 0 Å². The minimum Gasteiger partial charge on any atom is -0.486 e. The van der Waals surface area contributed by atoms with Crippen molar-refractivity contribution in [3.8, 4) is 23.8 Å². The summed E-state index contributed by atoms with van der Waals surface area (Å²) in [5.41, 5.74) is 0.908. The van der Waals surface area contributed by atoms with Gasteiger partial charge in [0, 0.05) is 4.47 Å². The molecule has 0 radical (unpaired) electrons. The summed E-state index contributed by atoms with van der Waals surface area (Å²) in [7, 11) is 0. The second-order valence-corrected chi connectivity index (χ2v) is 5.12. The van der Waals surface area contributed by atoms with Crippen molar-refractivity contribution in [1.82, 2.24) is 10.6 Å². The number of halogens is 1. The second-order valence-electron chi connectivity index (χ2n) is 4.27. The maximum Gasteiger partial charge on any atom is 0.316 e. The van der Waals surface area contributed by atoms with E-state index in [1.165, 1.54) is 0 Å². The van der Waals surface area contributed by atoms with Gasteiger partial charge in [0.05, 0.1) is 12.6 Å². The molecule has 1 heterocycles. The Labute approximate surface area is 126 Å². The van der Waals surface area contributed by atoms with Crippen molar-refractivity contribution in [2.45, 2.75) is 13.0 Å². The largest absolute Gasteiger partial charge is 0.486 e. The van der Waals surface area contributed by atoms with Crippen LogP contribution in [0.4, 0.5) is 4.79 Å². The zero-order valence-electron chi connectivity index (χ0n) is 11.0. The highest BCUT2D eigenvalue weighted by molar-refractivity contribution is 9.10. The minimum absolute atomic E-state index is 0.195. The summed E-state index contributed by atoms with van der Waals surface area (Å²) in [6.07, 6.45) is 5.09. The third kappa shape index (κ3) is 3.36. The Morgan fingerprint density at radius 3 is 2.75 bits per heavy atom. The molecule has 1 atom stereocenters. The molecule has 6 heteroatoms. The summed E-state index contributed by atoms with van der Waals surface area (Å²) < 4.78 is 11.9. The Morgan fingerprint density at radius 1 is 1.45 bits per heavy atom. The van der Waals surface area contributed by atoms with Gasteiger partial charge in [-0.1, -0.05) is 21.9 Å². The molecule has 2 N–H and O–H groups in total. The summed E-state index contributed by atoms with van der Waals surface area (Å²) >= 11 is 3.48. The van der Waals surface area contributed by atoms with E-state index >= 15 is 0 Å². The van der Waals surface area contributed by atoms with E-state index in [2.05, 4.69) is 32.5 Å². The van der Waals surface area contributed by atoms with E-state index in [0.717, 1.165) is 10.0 Å². The van der Waals surface area contributed by atoms with Crippen LogP contribution in [0, 0.1) is 12.3 Å². The number of carbonyl (C=O) groups is 1. The molecule has 5 nitrogen and oxygen atoms in total. The van der Waals surface area contributed by atoms with Gasteiger partial charge < -0.3 is 20.1 Å². The Kier molecular flexibility index (Phi) is 4.74. The summed E-state index contributed by atoms with van der Waals surface area (Å²) in [4.78, 5) is 11.6. The van der Waals surface area contributed by atoms with Gasteiger partial charge in [0.1, 0.15) is 13.2 Å². The van der Waals surface area contributed by atoms with Crippen LogP contribution >= 0.6 is 15.9 Å². The molecule has 20 heavy (non-hydrogen) atoms. The number of ether oxygens (including phenoxy) is 2. The molecule has 0 saturated heterocycles. The van der Waals surface area contributed by atoms with Gasteiger partial charge in [0.2, 0.25) is 0 Å². The topological polar surface area (TPSA) is 59.6 Å². The first-order valence-electron chi connectivity index (χ1n) is 6.18. The van der Waals surface area contributed by atoms with E-state index < -0.39 is 0 Å². The van der Waals surface area contributed by atoms with Crippen molar-refractivity contribution in [3.05, 3.63) is 22.2 Å². The fraction of sp³-hybridized carbons (Fsp3) is 0.357. The number of carbonyl (C=O) groups excluding carboxylic acids is 1. The number of benzene rings is 1. The quantitative estimate of drug-likeness (QED) is 0.831. The third-order valence-electron chi connectivity index (χ3n) is 2.83. The average Bonchev–Trinajstić information content (AvgIpc) is 2.44. The van der Waals surface area contributed by atoms with Crippen LogP contribution in [-0.2, 0) is 0 Å². The summed E-state index contributed by atoms with van der Waals surface area (Å²) in [6.45, 7) is 3.14. The lowest BCUT2D eigenvalue weighted by Crippen LogP contribution is -2.37. The van der Waals surface area contributed by atoms with Gasteiger partial charge in [-0.3, -0.25) is 0 Å². The van der Waals surface area contributed by atoms with Gasteiger partial charge in [0.15, 0.2) is 11.5 Å². The Hall–Kier alpha value is -1.87. The summed E-state index contributed by atoms with van der Waals surface area (Å²) in [5, 5.41) is 5.36. The molecular formula is C14H15BrN2O3. The van der Waals surface area contributed by atoms with Crippen molar-refractivity contribution < 1.29 is 14.3 Å². The van der Waals surface area contributed by atoms with Gasteiger partial charge in [-0.05, 0) is 24.6 Å². The van der Waals surface area contributed by atoms with Crippen LogP contribution < -0.4 is 20.1 Å². The average molecular weight is 339 g/mol. The van der Waals surface area contributed by atoms with Gasteiger partial charge in [0.25, 0.3) is 0 Å². The van der Waals surface area contributed by atoms with Gasteiger partial charge in [-0.2, -0.15) is 0 Å². The number of amides is 2. The first-order chi connectivity index (χ1) is 9.61. The zero-order valence-corrected chi connectivity index (χ0v) is 12.6. The highest BCUT2D eigenvalue weighted by Crippen LogP contribution is 2.37. The zero-order chi connectivity index (χ0) is 14.5. The van der Waals surface area contributed by atoms with Crippen LogP contribution in [0.2, 0.25) is 0 Å². The Morgan fingerprint density at radius 2 is 2.10 bits per heavy atom. The van der Waals surface area contributed by atoms with Crippen molar-refractivity contribution in [3.63, 3.8) is 0 Å². The number of nitrogens with one attached hydrogen (secondary N) is 2. The molecular weight excluding hydrogens is 324 g/mol. The van der Waals surface area contributed by atoms with Crippen LogP contribution in [0.3, 0.4) is 0 Å². The third-order valence-corrected chi connectivity index (χ3v) is 3.51. The standard InChI is InChI=1S/C14H15BrN2O3/c1-3-4-16-14(18)17-9(2)10-7-12-13(8-11(10)15)20-6-5-19-12/h1,7-9H,4-6H2,2H3,(H2,16,17,18). The lowest BCUT2D eigenvalue weighted by atomic mass is 10.1. The van der Waals surface area contributed by atoms with Crippen molar-refractivity contribution >= 4 is 22.0 Å². The van der Waals surface area contributed by atoms with Crippen molar-refractivity contribution in [2.75, 3.05) is 19.8 Å².